The first-order chi connectivity index (χ1) is 10.5. The van der Waals surface area contributed by atoms with E-state index in [1.165, 1.54) is 16.7 Å². The van der Waals surface area contributed by atoms with Gasteiger partial charge in [-0.25, -0.2) is 9.78 Å². The predicted octanol–water partition coefficient (Wildman–Crippen LogP) is 1.25. The molecule has 2 rings (SSSR count). The van der Waals surface area contributed by atoms with E-state index < -0.39 is 12.0 Å². The summed E-state index contributed by atoms with van der Waals surface area (Å²) in [7, 11) is 0. The van der Waals surface area contributed by atoms with Crippen LogP contribution in [0, 0.1) is 0 Å². The Labute approximate surface area is 132 Å². The van der Waals surface area contributed by atoms with E-state index >= 15 is 0 Å². The maximum atomic E-state index is 12.3. The van der Waals surface area contributed by atoms with Gasteiger partial charge in [-0.15, -0.1) is 11.3 Å². The lowest BCUT2D eigenvalue weighted by molar-refractivity contribution is -0.142. The van der Waals surface area contributed by atoms with E-state index in [0.717, 1.165) is 12.8 Å². The molecule has 2 N–H and O–H groups in total. The highest BCUT2D eigenvalue weighted by Gasteiger charge is 2.31. The van der Waals surface area contributed by atoms with E-state index in [2.05, 4.69) is 10.3 Å². The monoisotopic (exact) mass is 325 g/mol. The Bertz CT molecular complexity index is 572. The van der Waals surface area contributed by atoms with Crippen molar-refractivity contribution in [3.63, 3.8) is 0 Å². The summed E-state index contributed by atoms with van der Waals surface area (Å²) in [6.45, 7) is 2.58. The Morgan fingerprint density at radius 2 is 2.23 bits per heavy atom. The van der Waals surface area contributed by atoms with Crippen LogP contribution in [0.5, 0.6) is 0 Å². The molecule has 0 aromatic carbocycles. The van der Waals surface area contributed by atoms with Gasteiger partial charge in [-0.1, -0.05) is 6.92 Å². The molecule has 1 saturated heterocycles. The molecule has 0 radical (unpaired) electrons. The molecule has 1 aliphatic rings. The Kier molecular flexibility index (Phi) is 5.48. The molecule has 2 heterocycles. The second-order valence-electron chi connectivity index (χ2n) is 5.10. The molecule has 1 unspecified atom stereocenters. The van der Waals surface area contributed by atoms with Crippen molar-refractivity contribution in [2.45, 2.75) is 45.2 Å². The van der Waals surface area contributed by atoms with Crippen molar-refractivity contribution in [1.82, 2.24) is 15.2 Å². The minimum absolute atomic E-state index is 0.0118. The van der Waals surface area contributed by atoms with E-state index in [1.807, 2.05) is 0 Å². The zero-order chi connectivity index (χ0) is 16.1. The van der Waals surface area contributed by atoms with Crippen molar-refractivity contribution in [3.05, 3.63) is 16.1 Å². The van der Waals surface area contributed by atoms with Gasteiger partial charge in [0.25, 0.3) is 0 Å². The number of likely N-dealkylation sites (tertiary alicyclic amines) is 1. The minimum atomic E-state index is -1.08. The van der Waals surface area contributed by atoms with Crippen LogP contribution < -0.4 is 5.32 Å². The van der Waals surface area contributed by atoms with Gasteiger partial charge < -0.3 is 15.3 Å². The zero-order valence-corrected chi connectivity index (χ0v) is 13.2. The van der Waals surface area contributed by atoms with Gasteiger partial charge in [0, 0.05) is 18.3 Å². The van der Waals surface area contributed by atoms with Crippen LogP contribution in [0.4, 0.5) is 0 Å². The maximum Gasteiger partial charge on any atom is 0.355 e. The summed E-state index contributed by atoms with van der Waals surface area (Å²) in [5.74, 6) is -1.29. The number of carboxylic acid groups (broad SMARTS) is 1. The van der Waals surface area contributed by atoms with Gasteiger partial charge >= 0.3 is 5.97 Å². The Hall–Kier alpha value is -1.96. The Morgan fingerprint density at radius 1 is 1.45 bits per heavy atom. The fourth-order valence-electron chi connectivity index (χ4n) is 2.48. The standard InChI is InChI=1S/C14H19N3O4S/c1-2-12(18)17-6-4-3-5-10(17)13(19)15-7-11-16-9(8-22-11)14(20)21/h8,10H,2-7H2,1H3,(H,15,19)(H,20,21). The van der Waals surface area contributed by atoms with Gasteiger partial charge in [0.05, 0.1) is 6.54 Å². The maximum absolute atomic E-state index is 12.3. The summed E-state index contributed by atoms with van der Waals surface area (Å²) in [5.41, 5.74) is -0.0188. The van der Waals surface area contributed by atoms with Crippen LogP contribution in [-0.2, 0) is 16.1 Å². The highest BCUT2D eigenvalue weighted by atomic mass is 32.1. The number of nitrogens with one attached hydrogen (secondary N) is 1. The molecule has 1 aromatic rings. The second kappa shape index (κ2) is 7.35. The number of rotatable bonds is 5. The average molecular weight is 325 g/mol. The van der Waals surface area contributed by atoms with Gasteiger partial charge in [-0.3, -0.25) is 9.59 Å². The van der Waals surface area contributed by atoms with Crippen molar-refractivity contribution in [2.75, 3.05) is 6.54 Å². The predicted molar refractivity (Wildman–Crippen MR) is 80.6 cm³/mol. The minimum Gasteiger partial charge on any atom is -0.476 e. The molecule has 0 aliphatic carbocycles. The van der Waals surface area contributed by atoms with Gasteiger partial charge in [-0.05, 0) is 19.3 Å². The molecule has 7 nitrogen and oxygen atoms in total. The van der Waals surface area contributed by atoms with E-state index in [1.54, 1.807) is 11.8 Å². The van der Waals surface area contributed by atoms with Crippen molar-refractivity contribution < 1.29 is 19.5 Å². The Morgan fingerprint density at radius 3 is 2.86 bits per heavy atom. The van der Waals surface area contributed by atoms with Crippen LogP contribution >= 0.6 is 11.3 Å². The van der Waals surface area contributed by atoms with E-state index in [4.69, 9.17) is 5.11 Å². The molecule has 120 valence electrons. The topological polar surface area (TPSA) is 99.6 Å². The molecule has 2 amide bonds. The molecule has 1 fully saturated rings. The summed E-state index contributed by atoms with van der Waals surface area (Å²) in [6, 6.07) is -0.430. The largest absolute Gasteiger partial charge is 0.476 e. The summed E-state index contributed by atoms with van der Waals surface area (Å²) >= 11 is 1.19. The summed E-state index contributed by atoms with van der Waals surface area (Å²) in [5, 5.41) is 13.5. The first kappa shape index (κ1) is 16.4. The quantitative estimate of drug-likeness (QED) is 0.848. The third-order valence-electron chi connectivity index (χ3n) is 3.61. The molecule has 1 aliphatic heterocycles. The lowest BCUT2D eigenvalue weighted by atomic mass is 10.0. The first-order valence-electron chi connectivity index (χ1n) is 7.27. The molecule has 22 heavy (non-hydrogen) atoms. The third-order valence-corrected chi connectivity index (χ3v) is 4.46. The fourth-order valence-corrected chi connectivity index (χ4v) is 3.18. The van der Waals surface area contributed by atoms with E-state index in [-0.39, 0.29) is 24.1 Å². The number of hydrogen-bond donors (Lipinski definition) is 2. The number of hydrogen-bond acceptors (Lipinski definition) is 5. The molecule has 8 heteroatoms. The van der Waals surface area contributed by atoms with Gasteiger partial charge in [-0.2, -0.15) is 0 Å². The SMILES string of the molecule is CCC(=O)N1CCCCC1C(=O)NCc1nc(C(=O)O)cs1. The number of amides is 2. The number of carbonyl (C=O) groups is 3. The Balaban J connectivity index is 1.94. The normalized spacial score (nSPS) is 18.0. The van der Waals surface area contributed by atoms with E-state index in [0.29, 0.717) is 24.4 Å². The highest BCUT2D eigenvalue weighted by Crippen LogP contribution is 2.18. The number of thiazole rings is 1. The smallest absolute Gasteiger partial charge is 0.355 e. The van der Waals surface area contributed by atoms with Crippen molar-refractivity contribution >= 4 is 29.1 Å². The van der Waals surface area contributed by atoms with Crippen molar-refractivity contribution in [2.24, 2.45) is 0 Å². The summed E-state index contributed by atoms with van der Waals surface area (Å²) in [6.07, 6.45) is 2.89. The van der Waals surface area contributed by atoms with Crippen LogP contribution in [0.3, 0.4) is 0 Å². The van der Waals surface area contributed by atoms with Crippen molar-refractivity contribution in [1.29, 1.82) is 0 Å². The molecule has 1 aromatic heterocycles. The van der Waals surface area contributed by atoms with Crippen LogP contribution in [0.25, 0.3) is 0 Å². The lowest BCUT2D eigenvalue weighted by Crippen LogP contribution is -2.51. The molecule has 0 bridgehead atoms. The fraction of sp³-hybridized carbons (Fsp3) is 0.571. The molecule has 1 atom stereocenters. The summed E-state index contributed by atoms with van der Waals surface area (Å²) < 4.78 is 0. The summed E-state index contributed by atoms with van der Waals surface area (Å²) in [4.78, 5) is 40.5. The molecule has 0 spiro atoms. The number of aromatic carboxylic acids is 1. The van der Waals surface area contributed by atoms with Gasteiger partial charge in [0.2, 0.25) is 11.8 Å². The molecular weight excluding hydrogens is 306 g/mol. The average Bonchev–Trinajstić information content (AvgIpc) is 3.01. The number of aromatic nitrogens is 1. The molecule has 0 saturated carbocycles. The number of carboxylic acids is 1. The number of piperidine rings is 1. The number of carbonyl (C=O) groups excluding carboxylic acids is 2. The second-order valence-corrected chi connectivity index (χ2v) is 6.04. The number of nitrogens with zero attached hydrogens (tertiary/aromatic N) is 2. The van der Waals surface area contributed by atoms with E-state index in [9.17, 15) is 14.4 Å². The van der Waals surface area contributed by atoms with Crippen LogP contribution in [-0.4, -0.2) is 45.4 Å². The lowest BCUT2D eigenvalue weighted by Gasteiger charge is -2.34. The van der Waals surface area contributed by atoms with Crippen LogP contribution in [0.1, 0.15) is 48.1 Å². The highest BCUT2D eigenvalue weighted by molar-refractivity contribution is 7.09. The van der Waals surface area contributed by atoms with Gasteiger partial charge in [0.15, 0.2) is 5.69 Å². The van der Waals surface area contributed by atoms with Crippen LogP contribution in [0.2, 0.25) is 0 Å². The zero-order valence-electron chi connectivity index (χ0n) is 12.4. The van der Waals surface area contributed by atoms with Crippen molar-refractivity contribution in [3.8, 4) is 0 Å². The first-order valence-corrected chi connectivity index (χ1v) is 8.15. The molecular formula is C14H19N3O4S. The van der Waals surface area contributed by atoms with Gasteiger partial charge in [0.1, 0.15) is 11.0 Å². The van der Waals surface area contributed by atoms with Crippen LogP contribution in [0.15, 0.2) is 5.38 Å². The third kappa shape index (κ3) is 3.82.